The van der Waals surface area contributed by atoms with E-state index in [1.54, 1.807) is 0 Å². The van der Waals surface area contributed by atoms with Gasteiger partial charge in [-0.15, -0.1) is 0 Å². The van der Waals surface area contributed by atoms with E-state index in [9.17, 15) is 4.79 Å². The fraction of sp³-hybridized carbons (Fsp3) is 0.533. The SMILES string of the molecule is CC(C)OC(=O)CC(c1ccccc1)C(C)C. The molecule has 0 aromatic heterocycles. The molecule has 1 aromatic carbocycles. The Morgan fingerprint density at radius 3 is 2.18 bits per heavy atom. The number of rotatable bonds is 5. The summed E-state index contributed by atoms with van der Waals surface area (Å²) in [4.78, 5) is 11.7. The predicted molar refractivity (Wildman–Crippen MR) is 69.9 cm³/mol. The second-order valence-corrected chi connectivity index (χ2v) is 5.00. The molecule has 0 saturated heterocycles. The lowest BCUT2D eigenvalue weighted by molar-refractivity contribution is -0.148. The Bertz CT molecular complexity index is 341. The van der Waals surface area contributed by atoms with Gasteiger partial charge >= 0.3 is 5.97 Å². The standard InChI is InChI=1S/C15H22O2/c1-11(2)14(10-15(16)17-12(3)4)13-8-6-5-7-9-13/h5-9,11-12,14H,10H2,1-4H3. The van der Waals surface area contributed by atoms with Gasteiger partial charge in [-0.3, -0.25) is 4.79 Å². The van der Waals surface area contributed by atoms with Crippen LogP contribution < -0.4 is 0 Å². The van der Waals surface area contributed by atoms with Crippen LogP contribution in [0.15, 0.2) is 30.3 Å². The van der Waals surface area contributed by atoms with E-state index in [1.165, 1.54) is 5.56 Å². The van der Waals surface area contributed by atoms with Crippen molar-refractivity contribution in [3.05, 3.63) is 35.9 Å². The van der Waals surface area contributed by atoms with Gasteiger partial charge in [-0.05, 0) is 31.2 Å². The molecule has 1 atom stereocenters. The van der Waals surface area contributed by atoms with E-state index in [1.807, 2.05) is 32.0 Å². The first-order valence-corrected chi connectivity index (χ1v) is 6.25. The van der Waals surface area contributed by atoms with Crippen LogP contribution >= 0.6 is 0 Å². The third-order valence-corrected chi connectivity index (χ3v) is 2.79. The molecule has 94 valence electrons. The van der Waals surface area contributed by atoms with E-state index in [-0.39, 0.29) is 18.0 Å². The minimum Gasteiger partial charge on any atom is -0.463 e. The maximum absolute atomic E-state index is 11.7. The van der Waals surface area contributed by atoms with Gasteiger partial charge in [0.2, 0.25) is 0 Å². The van der Waals surface area contributed by atoms with Gasteiger partial charge in [0.25, 0.3) is 0 Å². The highest BCUT2D eigenvalue weighted by Crippen LogP contribution is 2.28. The molecule has 1 unspecified atom stereocenters. The fourth-order valence-corrected chi connectivity index (χ4v) is 1.93. The lowest BCUT2D eigenvalue weighted by Crippen LogP contribution is -2.17. The normalized spacial score (nSPS) is 12.8. The number of ether oxygens (including phenoxy) is 1. The van der Waals surface area contributed by atoms with E-state index in [0.717, 1.165) is 0 Å². The number of carbonyl (C=O) groups excluding carboxylic acids is 1. The Labute approximate surface area is 104 Å². The van der Waals surface area contributed by atoms with E-state index >= 15 is 0 Å². The first kappa shape index (κ1) is 13.8. The third kappa shape index (κ3) is 4.59. The van der Waals surface area contributed by atoms with Gasteiger partial charge in [0.1, 0.15) is 0 Å². The maximum atomic E-state index is 11.7. The van der Waals surface area contributed by atoms with Crippen molar-refractivity contribution in [1.29, 1.82) is 0 Å². The summed E-state index contributed by atoms with van der Waals surface area (Å²) < 4.78 is 5.21. The van der Waals surface area contributed by atoms with Gasteiger partial charge in [-0.25, -0.2) is 0 Å². The molecule has 2 heteroatoms. The average molecular weight is 234 g/mol. The Balaban J connectivity index is 2.71. The second-order valence-electron chi connectivity index (χ2n) is 5.00. The van der Waals surface area contributed by atoms with Crippen LogP contribution in [0.1, 0.15) is 45.6 Å². The van der Waals surface area contributed by atoms with E-state index in [0.29, 0.717) is 12.3 Å². The molecule has 0 fully saturated rings. The van der Waals surface area contributed by atoms with Crippen molar-refractivity contribution in [2.45, 2.75) is 46.1 Å². The molecule has 1 rings (SSSR count). The molecule has 0 radical (unpaired) electrons. The zero-order valence-electron chi connectivity index (χ0n) is 11.1. The smallest absolute Gasteiger partial charge is 0.306 e. The third-order valence-electron chi connectivity index (χ3n) is 2.79. The van der Waals surface area contributed by atoms with Crippen LogP contribution in [0.25, 0.3) is 0 Å². The van der Waals surface area contributed by atoms with Gasteiger partial charge in [0.15, 0.2) is 0 Å². The summed E-state index contributed by atoms with van der Waals surface area (Å²) in [6.07, 6.45) is 0.422. The molecule has 0 aliphatic heterocycles. The number of benzene rings is 1. The van der Waals surface area contributed by atoms with Gasteiger partial charge < -0.3 is 4.74 Å². The molecule has 0 aliphatic carbocycles. The van der Waals surface area contributed by atoms with Crippen LogP contribution in [0.4, 0.5) is 0 Å². The molecule has 0 N–H and O–H groups in total. The lowest BCUT2D eigenvalue weighted by Gasteiger charge is -2.21. The average Bonchev–Trinajstić information content (AvgIpc) is 2.25. The van der Waals surface area contributed by atoms with Crippen molar-refractivity contribution in [3.63, 3.8) is 0 Å². The second kappa shape index (κ2) is 6.43. The van der Waals surface area contributed by atoms with Gasteiger partial charge in [0, 0.05) is 0 Å². The molecule has 0 heterocycles. The van der Waals surface area contributed by atoms with Crippen LogP contribution in [0.2, 0.25) is 0 Å². The molecule has 0 bridgehead atoms. The fourth-order valence-electron chi connectivity index (χ4n) is 1.93. The van der Waals surface area contributed by atoms with Crippen molar-refractivity contribution in [2.75, 3.05) is 0 Å². The molecule has 0 spiro atoms. The summed E-state index contributed by atoms with van der Waals surface area (Å²) in [5.41, 5.74) is 1.21. The van der Waals surface area contributed by atoms with Crippen LogP contribution in [-0.4, -0.2) is 12.1 Å². The summed E-state index contributed by atoms with van der Waals surface area (Å²) in [5, 5.41) is 0. The molecule has 17 heavy (non-hydrogen) atoms. The summed E-state index contributed by atoms with van der Waals surface area (Å²) in [6.45, 7) is 8.04. The Morgan fingerprint density at radius 1 is 1.12 bits per heavy atom. The number of esters is 1. The highest BCUT2D eigenvalue weighted by Gasteiger charge is 2.20. The van der Waals surface area contributed by atoms with Gasteiger partial charge in [-0.2, -0.15) is 0 Å². The predicted octanol–water partition coefficient (Wildman–Crippen LogP) is 3.77. The number of hydrogen-bond acceptors (Lipinski definition) is 2. The molecular formula is C15H22O2. The van der Waals surface area contributed by atoms with Crippen molar-refractivity contribution < 1.29 is 9.53 Å². The molecule has 0 aliphatic rings. The lowest BCUT2D eigenvalue weighted by atomic mass is 9.86. The highest BCUT2D eigenvalue weighted by atomic mass is 16.5. The molecule has 0 saturated carbocycles. The monoisotopic (exact) mass is 234 g/mol. The van der Waals surface area contributed by atoms with Gasteiger partial charge in [0.05, 0.1) is 12.5 Å². The zero-order chi connectivity index (χ0) is 12.8. The highest BCUT2D eigenvalue weighted by molar-refractivity contribution is 5.70. The summed E-state index contributed by atoms with van der Waals surface area (Å²) in [6, 6.07) is 10.2. The summed E-state index contributed by atoms with van der Waals surface area (Å²) in [5.74, 6) is 0.558. The quantitative estimate of drug-likeness (QED) is 0.725. The zero-order valence-corrected chi connectivity index (χ0v) is 11.1. The molecule has 2 nitrogen and oxygen atoms in total. The van der Waals surface area contributed by atoms with Crippen LogP contribution in [0, 0.1) is 5.92 Å². The topological polar surface area (TPSA) is 26.3 Å². The van der Waals surface area contributed by atoms with Crippen LogP contribution in [0.3, 0.4) is 0 Å². The number of carbonyl (C=O) groups is 1. The Morgan fingerprint density at radius 2 is 1.71 bits per heavy atom. The summed E-state index contributed by atoms with van der Waals surface area (Å²) in [7, 11) is 0. The van der Waals surface area contributed by atoms with Crippen molar-refractivity contribution in [1.82, 2.24) is 0 Å². The Hall–Kier alpha value is -1.31. The maximum Gasteiger partial charge on any atom is 0.306 e. The molecular weight excluding hydrogens is 212 g/mol. The minimum absolute atomic E-state index is 0.0360. The molecule has 0 amide bonds. The van der Waals surface area contributed by atoms with Crippen LogP contribution in [0.5, 0.6) is 0 Å². The van der Waals surface area contributed by atoms with E-state index in [2.05, 4.69) is 26.0 Å². The Kier molecular flexibility index (Phi) is 5.20. The van der Waals surface area contributed by atoms with Gasteiger partial charge in [-0.1, -0.05) is 44.2 Å². The molecule has 1 aromatic rings. The van der Waals surface area contributed by atoms with E-state index < -0.39 is 0 Å². The van der Waals surface area contributed by atoms with Crippen molar-refractivity contribution in [2.24, 2.45) is 5.92 Å². The number of hydrogen-bond donors (Lipinski definition) is 0. The minimum atomic E-state index is -0.109. The largest absolute Gasteiger partial charge is 0.463 e. The van der Waals surface area contributed by atoms with Crippen LogP contribution in [-0.2, 0) is 9.53 Å². The van der Waals surface area contributed by atoms with E-state index in [4.69, 9.17) is 4.74 Å². The first-order valence-electron chi connectivity index (χ1n) is 6.25. The first-order chi connectivity index (χ1) is 8.00. The summed E-state index contributed by atoms with van der Waals surface area (Å²) >= 11 is 0. The van der Waals surface area contributed by atoms with Crippen molar-refractivity contribution >= 4 is 5.97 Å². The van der Waals surface area contributed by atoms with Crippen molar-refractivity contribution in [3.8, 4) is 0 Å².